The van der Waals surface area contributed by atoms with Gasteiger partial charge in [-0.05, 0) is 50.2 Å². The van der Waals surface area contributed by atoms with Crippen molar-refractivity contribution in [2.75, 3.05) is 5.32 Å². The summed E-state index contributed by atoms with van der Waals surface area (Å²) in [6, 6.07) is 14.8. The van der Waals surface area contributed by atoms with E-state index in [1.165, 1.54) is 18.7 Å². The lowest BCUT2D eigenvalue weighted by Gasteiger charge is -2.12. The molecule has 6 heteroatoms. The molecule has 0 saturated carbocycles. The fraction of sp³-hybridized carbons (Fsp3) is 0.211. The van der Waals surface area contributed by atoms with Crippen LogP contribution in [0.15, 0.2) is 53.7 Å². The minimum atomic E-state index is -0.303. The second-order valence-corrected chi connectivity index (χ2v) is 7.13. The zero-order valence-corrected chi connectivity index (χ0v) is 15.1. The van der Waals surface area contributed by atoms with Gasteiger partial charge in [-0.3, -0.25) is 9.59 Å². The molecule has 3 rings (SSSR count). The van der Waals surface area contributed by atoms with Crippen LogP contribution in [0.4, 0.5) is 5.69 Å². The Labute approximate surface area is 150 Å². The number of nitrogens with zero attached hydrogens (tertiary/aromatic N) is 2. The first-order valence-corrected chi connectivity index (χ1v) is 8.83. The highest BCUT2D eigenvalue weighted by Gasteiger charge is 2.18. The summed E-state index contributed by atoms with van der Waals surface area (Å²) in [7, 11) is 1.95. The predicted octanol–water partition coefficient (Wildman–Crippen LogP) is 3.90. The normalized spacial score (nSPS) is 12.1. The first-order chi connectivity index (χ1) is 12.0. The van der Waals surface area contributed by atoms with Crippen molar-refractivity contribution < 1.29 is 9.59 Å². The Kier molecular flexibility index (Phi) is 4.90. The SMILES string of the molecule is CC(=O)c1ccc(NC(=O)C(C)Sc2nc3ccccc3n2C)cc1. The third kappa shape index (κ3) is 3.74. The summed E-state index contributed by atoms with van der Waals surface area (Å²) in [6.45, 7) is 3.37. The van der Waals surface area contributed by atoms with E-state index in [1.807, 2.05) is 42.8 Å². The van der Waals surface area contributed by atoms with Gasteiger partial charge in [-0.15, -0.1) is 0 Å². The topological polar surface area (TPSA) is 64.0 Å². The van der Waals surface area contributed by atoms with Gasteiger partial charge in [-0.2, -0.15) is 0 Å². The molecule has 0 saturated heterocycles. The molecule has 2 aromatic carbocycles. The van der Waals surface area contributed by atoms with E-state index in [4.69, 9.17) is 0 Å². The molecule has 1 aromatic heterocycles. The van der Waals surface area contributed by atoms with Gasteiger partial charge in [0.1, 0.15) is 0 Å². The van der Waals surface area contributed by atoms with Crippen molar-refractivity contribution in [3.05, 3.63) is 54.1 Å². The number of carbonyl (C=O) groups excluding carboxylic acids is 2. The molecule has 0 radical (unpaired) electrons. The van der Waals surface area contributed by atoms with Gasteiger partial charge in [-0.1, -0.05) is 23.9 Å². The van der Waals surface area contributed by atoms with Crippen LogP contribution in [0.5, 0.6) is 0 Å². The molecule has 0 aliphatic carbocycles. The number of hydrogen-bond acceptors (Lipinski definition) is 4. The number of rotatable bonds is 5. The Balaban J connectivity index is 1.69. The quantitative estimate of drug-likeness (QED) is 0.558. The number of nitrogens with one attached hydrogen (secondary N) is 1. The third-order valence-corrected chi connectivity index (χ3v) is 5.10. The molecule has 0 bridgehead atoms. The van der Waals surface area contributed by atoms with E-state index in [0.717, 1.165) is 16.2 Å². The summed E-state index contributed by atoms with van der Waals surface area (Å²) in [4.78, 5) is 28.3. The molecule has 128 valence electrons. The maximum absolute atomic E-state index is 12.4. The Morgan fingerprint density at radius 2 is 1.80 bits per heavy atom. The van der Waals surface area contributed by atoms with Crippen molar-refractivity contribution in [3.63, 3.8) is 0 Å². The van der Waals surface area contributed by atoms with Crippen LogP contribution < -0.4 is 5.32 Å². The van der Waals surface area contributed by atoms with E-state index in [0.29, 0.717) is 11.3 Å². The number of benzene rings is 2. The average molecular weight is 353 g/mol. The van der Waals surface area contributed by atoms with Crippen molar-refractivity contribution in [1.29, 1.82) is 0 Å². The number of fused-ring (bicyclic) bond motifs is 1. The zero-order chi connectivity index (χ0) is 18.0. The number of anilines is 1. The number of ketones is 1. The molecule has 0 aliphatic heterocycles. The molecular formula is C19H19N3O2S. The first kappa shape index (κ1) is 17.2. The summed E-state index contributed by atoms with van der Waals surface area (Å²) in [5.41, 5.74) is 3.25. The highest BCUT2D eigenvalue weighted by atomic mass is 32.2. The van der Waals surface area contributed by atoms with Crippen LogP contribution in [0.3, 0.4) is 0 Å². The number of amides is 1. The van der Waals surface area contributed by atoms with Gasteiger partial charge in [0, 0.05) is 18.3 Å². The van der Waals surface area contributed by atoms with Gasteiger partial charge in [0.2, 0.25) is 5.91 Å². The van der Waals surface area contributed by atoms with E-state index in [1.54, 1.807) is 24.3 Å². The smallest absolute Gasteiger partial charge is 0.237 e. The van der Waals surface area contributed by atoms with E-state index in [9.17, 15) is 9.59 Å². The van der Waals surface area contributed by atoms with Gasteiger partial charge in [0.25, 0.3) is 0 Å². The van der Waals surface area contributed by atoms with Gasteiger partial charge in [0.05, 0.1) is 16.3 Å². The molecule has 0 spiro atoms. The second kappa shape index (κ2) is 7.11. The Morgan fingerprint density at radius 1 is 1.12 bits per heavy atom. The molecule has 1 unspecified atom stereocenters. The Bertz CT molecular complexity index is 931. The monoisotopic (exact) mass is 353 g/mol. The first-order valence-electron chi connectivity index (χ1n) is 7.95. The van der Waals surface area contributed by atoms with Gasteiger partial charge in [-0.25, -0.2) is 4.98 Å². The number of aryl methyl sites for hydroxylation is 1. The molecule has 0 aliphatic rings. The molecule has 25 heavy (non-hydrogen) atoms. The van der Waals surface area contributed by atoms with Crippen molar-refractivity contribution in [2.45, 2.75) is 24.3 Å². The van der Waals surface area contributed by atoms with E-state index < -0.39 is 0 Å². The summed E-state index contributed by atoms with van der Waals surface area (Å²) in [6.07, 6.45) is 0. The molecule has 5 nitrogen and oxygen atoms in total. The number of imidazole rings is 1. The molecule has 1 N–H and O–H groups in total. The molecule has 1 heterocycles. The molecule has 1 amide bonds. The number of para-hydroxylation sites is 2. The fourth-order valence-electron chi connectivity index (χ4n) is 2.47. The average Bonchev–Trinajstić information content (AvgIpc) is 2.91. The Hall–Kier alpha value is -2.60. The van der Waals surface area contributed by atoms with Crippen LogP contribution in [0.2, 0.25) is 0 Å². The second-order valence-electron chi connectivity index (χ2n) is 5.82. The number of aromatic nitrogens is 2. The summed E-state index contributed by atoms with van der Waals surface area (Å²) < 4.78 is 1.99. The fourth-order valence-corrected chi connectivity index (χ4v) is 3.36. The molecule has 3 aromatic rings. The lowest BCUT2D eigenvalue weighted by atomic mass is 10.1. The minimum Gasteiger partial charge on any atom is -0.325 e. The summed E-state index contributed by atoms with van der Waals surface area (Å²) in [5.74, 6) is -0.101. The Morgan fingerprint density at radius 3 is 2.44 bits per heavy atom. The lowest BCUT2D eigenvalue weighted by molar-refractivity contribution is -0.115. The number of thioether (sulfide) groups is 1. The van der Waals surface area contributed by atoms with Gasteiger partial charge >= 0.3 is 0 Å². The highest BCUT2D eigenvalue weighted by molar-refractivity contribution is 8.00. The summed E-state index contributed by atoms with van der Waals surface area (Å²) in [5, 5.41) is 3.37. The maximum atomic E-state index is 12.4. The van der Waals surface area contributed by atoms with Crippen LogP contribution in [0.1, 0.15) is 24.2 Å². The largest absolute Gasteiger partial charge is 0.325 e. The van der Waals surface area contributed by atoms with Crippen LogP contribution in [-0.4, -0.2) is 26.5 Å². The minimum absolute atomic E-state index is 0.00338. The van der Waals surface area contributed by atoms with Crippen LogP contribution in [0.25, 0.3) is 11.0 Å². The molecule has 0 fully saturated rings. The number of Topliss-reactive ketones (excluding diaryl/α,β-unsaturated/α-hetero) is 1. The summed E-state index contributed by atoms with van der Waals surface area (Å²) >= 11 is 1.42. The van der Waals surface area contributed by atoms with Crippen molar-refractivity contribution >= 4 is 40.2 Å². The van der Waals surface area contributed by atoms with Crippen molar-refractivity contribution in [1.82, 2.24) is 9.55 Å². The van der Waals surface area contributed by atoms with Crippen molar-refractivity contribution in [3.8, 4) is 0 Å². The van der Waals surface area contributed by atoms with E-state index in [2.05, 4.69) is 10.3 Å². The zero-order valence-electron chi connectivity index (χ0n) is 14.3. The van der Waals surface area contributed by atoms with Crippen LogP contribution >= 0.6 is 11.8 Å². The number of hydrogen-bond donors (Lipinski definition) is 1. The predicted molar refractivity (Wildman–Crippen MR) is 101 cm³/mol. The lowest BCUT2D eigenvalue weighted by Crippen LogP contribution is -2.22. The van der Waals surface area contributed by atoms with Crippen LogP contribution in [-0.2, 0) is 11.8 Å². The molecule has 1 atom stereocenters. The van der Waals surface area contributed by atoms with Gasteiger partial charge in [0.15, 0.2) is 10.9 Å². The van der Waals surface area contributed by atoms with E-state index in [-0.39, 0.29) is 16.9 Å². The maximum Gasteiger partial charge on any atom is 0.237 e. The highest BCUT2D eigenvalue weighted by Crippen LogP contribution is 2.26. The van der Waals surface area contributed by atoms with Crippen molar-refractivity contribution in [2.24, 2.45) is 7.05 Å². The standard InChI is InChI=1S/C19H19N3O2S/c1-12(23)14-8-10-15(11-9-14)20-18(24)13(2)25-19-21-16-6-4-5-7-17(16)22(19)3/h4-11,13H,1-3H3,(H,20,24). The number of carbonyl (C=O) groups is 2. The van der Waals surface area contributed by atoms with Crippen LogP contribution in [0, 0.1) is 0 Å². The van der Waals surface area contributed by atoms with E-state index >= 15 is 0 Å². The molecular weight excluding hydrogens is 334 g/mol. The third-order valence-electron chi connectivity index (χ3n) is 3.96. The van der Waals surface area contributed by atoms with Gasteiger partial charge < -0.3 is 9.88 Å².